The van der Waals surface area contributed by atoms with Crippen molar-refractivity contribution in [2.24, 2.45) is 0 Å². The maximum atomic E-state index is 11.9. The Balaban J connectivity index is 0. The minimum atomic E-state index is -2.08. The highest BCUT2D eigenvalue weighted by Gasteiger charge is 2.24. The molecule has 0 aromatic rings. The van der Waals surface area contributed by atoms with Crippen molar-refractivity contribution >= 4 is 5.97 Å². The Morgan fingerprint density at radius 2 is 1.75 bits per heavy atom. The lowest BCUT2D eigenvalue weighted by Gasteiger charge is -2.03. The minimum Gasteiger partial charge on any atom is -0.479 e. The van der Waals surface area contributed by atoms with Crippen LogP contribution in [-0.4, -0.2) is 16.7 Å². The highest BCUT2D eigenvalue weighted by atomic mass is 19.1. The summed E-state index contributed by atoms with van der Waals surface area (Å²) >= 11 is 0. The second kappa shape index (κ2) is 2.59. The Hall–Kier alpha value is -0.670. The number of aliphatic carboxylic acids is 1. The molecule has 0 saturated heterocycles. The Morgan fingerprint density at radius 3 is 1.75 bits per heavy atom. The molecule has 2 nitrogen and oxygen atoms in total. The van der Waals surface area contributed by atoms with Gasteiger partial charge >= 0.3 is 5.97 Å². The summed E-state index contributed by atoms with van der Waals surface area (Å²) in [4.78, 5) is 9.65. The van der Waals surface area contributed by atoms with E-state index in [2.05, 4.69) is 0 Å². The van der Waals surface area contributed by atoms with Crippen molar-refractivity contribution < 1.29 is 19.0 Å². The summed E-state index contributed by atoms with van der Waals surface area (Å²) in [5.74, 6) is -1.42. The summed E-state index contributed by atoms with van der Waals surface area (Å²) in [6, 6.07) is 0. The van der Waals surface area contributed by atoms with Crippen LogP contribution in [0.4, 0.5) is 9.09 Å². The molecule has 0 aromatic heterocycles. The smallest absolute Gasteiger partial charge is 0.340 e. The predicted molar refractivity (Wildman–Crippen MR) is 25.3 cm³/mol. The van der Waals surface area contributed by atoms with E-state index in [0.29, 0.717) is 0 Å². The lowest BCUT2D eigenvalue weighted by atomic mass is 10.2. The standard InChI is InChI=1S/C4H7FO2.FH/c1-4(2,5)3(6)7;/h1-2H3,(H,6,7);1H. The Kier molecular flexibility index (Phi) is 3.35. The molecule has 0 radical (unpaired) electrons. The molecule has 0 amide bonds. The number of alkyl halides is 1. The maximum Gasteiger partial charge on any atom is 0.340 e. The third kappa shape index (κ3) is 3.52. The summed E-state index contributed by atoms with van der Waals surface area (Å²) in [5, 5.41) is 7.88. The van der Waals surface area contributed by atoms with E-state index in [-0.39, 0.29) is 4.70 Å². The average molecular weight is 126 g/mol. The minimum absolute atomic E-state index is 0. The van der Waals surface area contributed by atoms with Gasteiger partial charge in [-0.25, -0.2) is 9.18 Å². The SMILES string of the molecule is CC(C)(F)C(=O)O.F. The van der Waals surface area contributed by atoms with Crippen LogP contribution in [0.2, 0.25) is 0 Å². The van der Waals surface area contributed by atoms with E-state index in [1.54, 1.807) is 0 Å². The summed E-state index contributed by atoms with van der Waals surface area (Å²) in [7, 11) is 0. The van der Waals surface area contributed by atoms with Crippen LogP contribution in [0, 0.1) is 0 Å². The van der Waals surface area contributed by atoms with Crippen LogP contribution in [0.5, 0.6) is 0 Å². The Morgan fingerprint density at radius 1 is 1.62 bits per heavy atom. The molecule has 0 bridgehead atoms. The zero-order valence-electron chi connectivity index (χ0n) is 4.64. The van der Waals surface area contributed by atoms with E-state index in [0.717, 1.165) is 13.8 Å². The molecular weight excluding hydrogens is 118 g/mol. The van der Waals surface area contributed by atoms with E-state index in [4.69, 9.17) is 5.11 Å². The fourth-order valence-electron chi connectivity index (χ4n) is 0. The molecule has 0 rings (SSSR count). The first kappa shape index (κ1) is 10.3. The number of halogens is 2. The van der Waals surface area contributed by atoms with Gasteiger partial charge < -0.3 is 5.11 Å². The van der Waals surface area contributed by atoms with Gasteiger partial charge in [-0.15, -0.1) is 0 Å². The van der Waals surface area contributed by atoms with E-state index in [1.165, 1.54) is 0 Å². The van der Waals surface area contributed by atoms with Crippen LogP contribution in [-0.2, 0) is 4.79 Å². The van der Waals surface area contributed by atoms with Crippen LogP contribution in [0.15, 0.2) is 0 Å². The number of hydrogen-bond acceptors (Lipinski definition) is 1. The summed E-state index contributed by atoms with van der Waals surface area (Å²) in [6.45, 7) is 1.99. The van der Waals surface area contributed by atoms with Gasteiger partial charge in [0.1, 0.15) is 0 Å². The fourth-order valence-corrected chi connectivity index (χ4v) is 0. The lowest BCUT2D eigenvalue weighted by molar-refractivity contribution is -0.148. The molecule has 0 aliphatic heterocycles. The number of carboxylic acids is 1. The van der Waals surface area contributed by atoms with Gasteiger partial charge in [0.15, 0.2) is 0 Å². The van der Waals surface area contributed by atoms with Gasteiger partial charge in [0.25, 0.3) is 0 Å². The highest BCUT2D eigenvalue weighted by molar-refractivity contribution is 5.75. The molecule has 0 atom stereocenters. The third-order valence-corrected chi connectivity index (χ3v) is 0.509. The molecule has 0 heterocycles. The van der Waals surface area contributed by atoms with Gasteiger partial charge in [-0.05, 0) is 13.8 Å². The molecule has 0 aromatic carbocycles. The molecule has 8 heavy (non-hydrogen) atoms. The number of hydrogen-bond donors (Lipinski definition) is 1. The van der Waals surface area contributed by atoms with Gasteiger partial charge in [-0.2, -0.15) is 0 Å². The van der Waals surface area contributed by atoms with Crippen molar-refractivity contribution in [2.45, 2.75) is 19.5 Å². The van der Waals surface area contributed by atoms with E-state index in [9.17, 15) is 9.18 Å². The van der Waals surface area contributed by atoms with Crippen molar-refractivity contribution in [3.05, 3.63) is 0 Å². The summed E-state index contributed by atoms with van der Waals surface area (Å²) < 4.78 is 11.9. The first-order valence-electron chi connectivity index (χ1n) is 1.87. The largest absolute Gasteiger partial charge is 0.479 e. The summed E-state index contributed by atoms with van der Waals surface area (Å²) in [5.41, 5.74) is -2.08. The molecule has 0 aliphatic carbocycles. The second-order valence-electron chi connectivity index (χ2n) is 1.78. The number of carbonyl (C=O) groups is 1. The van der Waals surface area contributed by atoms with E-state index in [1.807, 2.05) is 0 Å². The molecular formula is C4H8F2O2. The third-order valence-electron chi connectivity index (χ3n) is 0.509. The summed E-state index contributed by atoms with van der Waals surface area (Å²) in [6.07, 6.45) is 0. The van der Waals surface area contributed by atoms with E-state index >= 15 is 0 Å². The monoisotopic (exact) mass is 126 g/mol. The molecule has 0 unspecified atom stereocenters. The molecule has 0 fully saturated rings. The van der Waals surface area contributed by atoms with Gasteiger partial charge in [0.2, 0.25) is 5.67 Å². The zero-order chi connectivity index (χ0) is 6.08. The normalized spacial score (nSPS) is 9.88. The van der Waals surface area contributed by atoms with E-state index < -0.39 is 11.6 Å². The van der Waals surface area contributed by atoms with Crippen molar-refractivity contribution in [3.8, 4) is 0 Å². The lowest BCUT2D eigenvalue weighted by Crippen LogP contribution is -2.24. The van der Waals surface area contributed by atoms with Gasteiger partial charge in [-0.1, -0.05) is 0 Å². The topological polar surface area (TPSA) is 37.3 Å². The Bertz CT molecular complexity index is 84.5. The van der Waals surface area contributed by atoms with Crippen LogP contribution in [0.3, 0.4) is 0 Å². The quantitative estimate of drug-likeness (QED) is 0.568. The van der Waals surface area contributed by atoms with Gasteiger partial charge in [0, 0.05) is 0 Å². The van der Waals surface area contributed by atoms with Gasteiger partial charge in [0.05, 0.1) is 0 Å². The second-order valence-corrected chi connectivity index (χ2v) is 1.78. The molecule has 4 heteroatoms. The molecule has 0 aliphatic rings. The van der Waals surface area contributed by atoms with Crippen LogP contribution in [0.1, 0.15) is 13.8 Å². The van der Waals surface area contributed by atoms with Crippen LogP contribution < -0.4 is 0 Å². The molecule has 50 valence electrons. The van der Waals surface area contributed by atoms with Crippen molar-refractivity contribution in [3.63, 3.8) is 0 Å². The molecule has 1 N–H and O–H groups in total. The first-order valence-corrected chi connectivity index (χ1v) is 1.87. The fraction of sp³-hybridized carbons (Fsp3) is 0.750. The van der Waals surface area contributed by atoms with Gasteiger partial charge in [-0.3, -0.25) is 4.70 Å². The zero-order valence-corrected chi connectivity index (χ0v) is 4.64. The van der Waals surface area contributed by atoms with Crippen LogP contribution >= 0.6 is 0 Å². The van der Waals surface area contributed by atoms with Crippen molar-refractivity contribution in [1.82, 2.24) is 0 Å². The predicted octanol–water partition coefficient (Wildman–Crippen LogP) is 0.972. The van der Waals surface area contributed by atoms with Crippen molar-refractivity contribution in [1.29, 1.82) is 0 Å². The average Bonchev–Trinajstić information content (AvgIpc) is 1.31. The van der Waals surface area contributed by atoms with Crippen molar-refractivity contribution in [2.75, 3.05) is 0 Å². The highest BCUT2D eigenvalue weighted by Crippen LogP contribution is 2.05. The number of rotatable bonds is 1. The molecule has 0 spiro atoms. The Labute approximate surface area is 45.7 Å². The molecule has 0 saturated carbocycles. The number of carboxylic acid groups (broad SMARTS) is 1. The maximum absolute atomic E-state index is 11.9. The first-order chi connectivity index (χ1) is 2.94. The van der Waals surface area contributed by atoms with Crippen LogP contribution in [0.25, 0.3) is 0 Å².